The van der Waals surface area contributed by atoms with E-state index in [9.17, 15) is 14.0 Å². The number of aromatic nitrogens is 2. The Morgan fingerprint density at radius 1 is 0.960 bits per heavy atom. The zero-order chi connectivity index (χ0) is 18.0. The standard InChI is InChI=1S/C20H21FN2O2/c1-3-11-22-18-9-4-14(2)13-17(18)19(24)23(20(22)25)12-10-15-5-7-16(21)8-6-15/h4-9,13H,3,10-12H2,1-2H3. The maximum Gasteiger partial charge on any atom is 0.331 e. The number of aryl methyl sites for hydroxylation is 3. The van der Waals surface area contributed by atoms with E-state index in [1.807, 2.05) is 32.0 Å². The number of halogens is 1. The van der Waals surface area contributed by atoms with Crippen molar-refractivity contribution in [1.82, 2.24) is 9.13 Å². The highest BCUT2D eigenvalue weighted by Gasteiger charge is 2.13. The summed E-state index contributed by atoms with van der Waals surface area (Å²) in [5, 5.41) is 0.562. The van der Waals surface area contributed by atoms with Gasteiger partial charge in [0.1, 0.15) is 5.82 Å². The van der Waals surface area contributed by atoms with E-state index < -0.39 is 0 Å². The van der Waals surface area contributed by atoms with Gasteiger partial charge in [-0.3, -0.25) is 13.9 Å². The zero-order valence-electron chi connectivity index (χ0n) is 14.5. The third-order valence-electron chi connectivity index (χ3n) is 4.36. The van der Waals surface area contributed by atoms with Gasteiger partial charge >= 0.3 is 5.69 Å². The molecule has 0 aliphatic heterocycles. The molecule has 0 radical (unpaired) electrons. The van der Waals surface area contributed by atoms with Crippen molar-refractivity contribution in [3.63, 3.8) is 0 Å². The molecule has 0 bridgehead atoms. The van der Waals surface area contributed by atoms with Gasteiger partial charge in [-0.25, -0.2) is 9.18 Å². The minimum absolute atomic E-state index is 0.266. The number of hydrogen-bond donors (Lipinski definition) is 0. The lowest BCUT2D eigenvalue weighted by Crippen LogP contribution is -2.40. The SMILES string of the molecule is CCCn1c(=O)n(CCc2ccc(F)cc2)c(=O)c2cc(C)ccc21. The lowest BCUT2D eigenvalue weighted by atomic mass is 10.1. The van der Waals surface area contributed by atoms with E-state index in [4.69, 9.17) is 0 Å². The van der Waals surface area contributed by atoms with Gasteiger partial charge in [0.15, 0.2) is 0 Å². The van der Waals surface area contributed by atoms with Crippen molar-refractivity contribution in [2.75, 3.05) is 0 Å². The van der Waals surface area contributed by atoms with Crippen LogP contribution in [-0.2, 0) is 19.5 Å². The molecule has 5 heteroatoms. The highest BCUT2D eigenvalue weighted by molar-refractivity contribution is 5.78. The van der Waals surface area contributed by atoms with Crippen LogP contribution in [0.1, 0.15) is 24.5 Å². The predicted octanol–water partition coefficient (Wildman–Crippen LogP) is 3.26. The van der Waals surface area contributed by atoms with E-state index in [1.165, 1.54) is 16.7 Å². The topological polar surface area (TPSA) is 44.0 Å². The summed E-state index contributed by atoms with van der Waals surface area (Å²) < 4.78 is 16.0. The molecule has 130 valence electrons. The lowest BCUT2D eigenvalue weighted by Gasteiger charge is -2.14. The molecule has 0 amide bonds. The van der Waals surface area contributed by atoms with Gasteiger partial charge < -0.3 is 0 Å². The number of benzene rings is 2. The fraction of sp³-hybridized carbons (Fsp3) is 0.300. The Kier molecular flexibility index (Phi) is 4.83. The van der Waals surface area contributed by atoms with E-state index >= 15 is 0 Å². The van der Waals surface area contributed by atoms with Crippen molar-refractivity contribution >= 4 is 10.9 Å². The molecular weight excluding hydrogens is 319 g/mol. The van der Waals surface area contributed by atoms with Crippen LogP contribution in [0.4, 0.5) is 4.39 Å². The molecule has 3 aromatic rings. The second-order valence-electron chi connectivity index (χ2n) is 6.29. The summed E-state index contributed by atoms with van der Waals surface area (Å²) in [4.78, 5) is 25.6. The van der Waals surface area contributed by atoms with Crippen molar-refractivity contribution in [2.24, 2.45) is 0 Å². The number of nitrogens with zero attached hydrogens (tertiary/aromatic N) is 2. The van der Waals surface area contributed by atoms with Crippen molar-refractivity contribution in [1.29, 1.82) is 0 Å². The fourth-order valence-electron chi connectivity index (χ4n) is 3.07. The predicted molar refractivity (Wildman–Crippen MR) is 97.6 cm³/mol. The van der Waals surface area contributed by atoms with E-state index in [2.05, 4.69) is 0 Å². The molecule has 25 heavy (non-hydrogen) atoms. The van der Waals surface area contributed by atoms with E-state index in [1.54, 1.807) is 16.7 Å². The Balaban J connectivity index is 2.09. The minimum Gasteiger partial charge on any atom is -0.293 e. The highest BCUT2D eigenvalue weighted by atomic mass is 19.1. The molecule has 0 spiro atoms. The first-order valence-corrected chi connectivity index (χ1v) is 8.49. The summed E-state index contributed by atoms with van der Waals surface area (Å²) in [5.74, 6) is -0.299. The molecule has 0 saturated carbocycles. The molecule has 1 aromatic heterocycles. The van der Waals surface area contributed by atoms with Gasteiger partial charge in [0.05, 0.1) is 10.9 Å². The molecule has 0 unspecified atom stereocenters. The molecule has 0 fully saturated rings. The quantitative estimate of drug-likeness (QED) is 0.715. The number of fused-ring (bicyclic) bond motifs is 1. The first-order valence-electron chi connectivity index (χ1n) is 8.49. The third-order valence-corrected chi connectivity index (χ3v) is 4.36. The smallest absolute Gasteiger partial charge is 0.293 e. The van der Waals surface area contributed by atoms with Crippen LogP contribution in [0.3, 0.4) is 0 Å². The maximum atomic E-state index is 13.0. The van der Waals surface area contributed by atoms with Crippen LogP contribution in [0.15, 0.2) is 52.1 Å². The van der Waals surface area contributed by atoms with Crippen LogP contribution in [0.2, 0.25) is 0 Å². The first-order chi connectivity index (χ1) is 12.0. The van der Waals surface area contributed by atoms with Gasteiger partial charge in [0.2, 0.25) is 0 Å². The molecule has 2 aromatic carbocycles. The maximum absolute atomic E-state index is 13.0. The van der Waals surface area contributed by atoms with Gasteiger partial charge in [-0.1, -0.05) is 30.7 Å². The van der Waals surface area contributed by atoms with Crippen LogP contribution in [-0.4, -0.2) is 9.13 Å². The molecule has 0 atom stereocenters. The van der Waals surface area contributed by atoms with Crippen molar-refractivity contribution < 1.29 is 4.39 Å². The van der Waals surface area contributed by atoms with Gasteiger partial charge in [-0.05, 0) is 49.6 Å². The summed E-state index contributed by atoms with van der Waals surface area (Å²) in [6.45, 7) is 4.77. The van der Waals surface area contributed by atoms with Crippen molar-refractivity contribution in [2.45, 2.75) is 39.8 Å². The van der Waals surface area contributed by atoms with E-state index in [-0.39, 0.29) is 23.6 Å². The molecule has 4 nitrogen and oxygen atoms in total. The summed E-state index contributed by atoms with van der Waals surface area (Å²) >= 11 is 0. The molecular formula is C20H21FN2O2. The molecule has 3 rings (SSSR count). The van der Waals surface area contributed by atoms with Gasteiger partial charge in [-0.2, -0.15) is 0 Å². The summed E-state index contributed by atoms with van der Waals surface area (Å²) in [5.41, 5.74) is 2.00. The minimum atomic E-state index is -0.299. The Labute approximate surface area is 145 Å². The van der Waals surface area contributed by atoms with Crippen molar-refractivity contribution in [3.05, 3.63) is 80.2 Å². The van der Waals surface area contributed by atoms with Crippen LogP contribution >= 0.6 is 0 Å². The van der Waals surface area contributed by atoms with Gasteiger partial charge in [0.25, 0.3) is 5.56 Å². The normalized spacial score (nSPS) is 11.2. The van der Waals surface area contributed by atoms with E-state index in [0.717, 1.165) is 17.5 Å². The van der Waals surface area contributed by atoms with Gasteiger partial charge in [-0.15, -0.1) is 0 Å². The average molecular weight is 340 g/mol. The fourth-order valence-corrected chi connectivity index (χ4v) is 3.07. The molecule has 1 heterocycles. The van der Waals surface area contributed by atoms with Crippen molar-refractivity contribution in [3.8, 4) is 0 Å². The second kappa shape index (κ2) is 7.05. The second-order valence-corrected chi connectivity index (χ2v) is 6.29. The zero-order valence-corrected chi connectivity index (χ0v) is 14.5. The summed E-state index contributed by atoms with van der Waals surface area (Å²) in [7, 11) is 0. The highest BCUT2D eigenvalue weighted by Crippen LogP contribution is 2.12. The molecule has 0 aliphatic carbocycles. The Hall–Kier alpha value is -2.69. The number of hydrogen-bond acceptors (Lipinski definition) is 2. The molecule has 0 N–H and O–H groups in total. The van der Waals surface area contributed by atoms with E-state index in [0.29, 0.717) is 23.9 Å². The van der Waals surface area contributed by atoms with Gasteiger partial charge in [0, 0.05) is 13.1 Å². The third kappa shape index (κ3) is 3.40. The first kappa shape index (κ1) is 17.1. The summed E-state index contributed by atoms with van der Waals surface area (Å²) in [6, 6.07) is 11.7. The Morgan fingerprint density at radius 2 is 1.68 bits per heavy atom. The Bertz CT molecular complexity index is 1020. The van der Waals surface area contributed by atoms with Crippen LogP contribution in [0.5, 0.6) is 0 Å². The molecule has 0 aliphatic rings. The average Bonchev–Trinajstić information content (AvgIpc) is 2.60. The summed E-state index contributed by atoms with van der Waals surface area (Å²) in [6.07, 6.45) is 1.30. The monoisotopic (exact) mass is 340 g/mol. The largest absolute Gasteiger partial charge is 0.331 e. The Morgan fingerprint density at radius 3 is 2.36 bits per heavy atom. The van der Waals surface area contributed by atoms with Crippen LogP contribution in [0, 0.1) is 12.7 Å². The lowest BCUT2D eigenvalue weighted by molar-refractivity contribution is 0.563. The van der Waals surface area contributed by atoms with Crippen LogP contribution < -0.4 is 11.2 Å². The molecule has 0 saturated heterocycles. The van der Waals surface area contributed by atoms with Crippen LogP contribution in [0.25, 0.3) is 10.9 Å². The number of rotatable bonds is 5.